The summed E-state index contributed by atoms with van der Waals surface area (Å²) in [6.45, 7) is 3.46. The zero-order valence-electron chi connectivity index (χ0n) is 11.9. The molecule has 2 N–H and O–H groups in total. The molecule has 1 heterocycles. The van der Waals surface area contributed by atoms with Crippen LogP contribution in [0.25, 0.3) is 11.1 Å². The van der Waals surface area contributed by atoms with E-state index in [1.54, 1.807) is 0 Å². The Kier molecular flexibility index (Phi) is 3.22. The fraction of sp³-hybridized carbons (Fsp3) is 0.176. The zero-order chi connectivity index (χ0) is 15.0. The van der Waals surface area contributed by atoms with Gasteiger partial charge in [-0.1, -0.05) is 35.9 Å². The Hall–Kier alpha value is -2.62. The lowest BCUT2D eigenvalue weighted by atomic mass is 9.99. The van der Waals surface area contributed by atoms with Crippen molar-refractivity contribution in [3.8, 4) is 11.1 Å². The number of hydrogen-bond donors (Lipinski definition) is 2. The number of amides is 2. The largest absolute Gasteiger partial charge is 0.341 e. The van der Waals surface area contributed by atoms with E-state index in [-0.39, 0.29) is 11.8 Å². The first-order valence-corrected chi connectivity index (χ1v) is 6.83. The zero-order valence-corrected chi connectivity index (χ0v) is 11.9. The molecule has 4 nitrogen and oxygen atoms in total. The highest BCUT2D eigenvalue weighted by Gasteiger charge is 2.31. The van der Waals surface area contributed by atoms with Gasteiger partial charge in [0, 0.05) is 18.2 Å². The molecule has 2 aromatic rings. The van der Waals surface area contributed by atoms with Crippen LogP contribution in [-0.2, 0) is 9.59 Å². The summed E-state index contributed by atoms with van der Waals surface area (Å²) < 4.78 is 0. The van der Waals surface area contributed by atoms with Crippen LogP contribution in [0.2, 0.25) is 0 Å². The van der Waals surface area contributed by atoms with Gasteiger partial charge in [-0.3, -0.25) is 9.59 Å². The van der Waals surface area contributed by atoms with E-state index in [4.69, 9.17) is 0 Å². The highest BCUT2D eigenvalue weighted by Crippen LogP contribution is 2.34. The average Bonchev–Trinajstić information content (AvgIpc) is 2.75. The summed E-state index contributed by atoms with van der Waals surface area (Å²) in [6, 6.07) is 13.4. The summed E-state index contributed by atoms with van der Waals surface area (Å²) in [5, 5.41) is 5.47. The van der Waals surface area contributed by atoms with Gasteiger partial charge in [-0.2, -0.15) is 0 Å². The average molecular weight is 280 g/mol. The van der Waals surface area contributed by atoms with Crippen molar-refractivity contribution >= 4 is 17.5 Å². The normalized spacial score (nSPS) is 16.3. The number of aryl methyl sites for hydroxylation is 1. The number of fused-ring (bicyclic) bond motifs is 1. The van der Waals surface area contributed by atoms with Gasteiger partial charge in [0.2, 0.25) is 5.91 Å². The maximum absolute atomic E-state index is 11.9. The van der Waals surface area contributed by atoms with E-state index in [2.05, 4.69) is 34.9 Å². The molecular formula is C17H16N2O2. The molecule has 0 aromatic heterocycles. The third-order valence-electron chi connectivity index (χ3n) is 3.62. The molecule has 1 atom stereocenters. The number of hydrogen-bond acceptors (Lipinski definition) is 2. The minimum atomic E-state index is -0.608. The van der Waals surface area contributed by atoms with E-state index < -0.39 is 6.04 Å². The molecule has 0 saturated heterocycles. The van der Waals surface area contributed by atoms with Crippen LogP contribution in [0.1, 0.15) is 24.1 Å². The standard InChI is InChI=1S/C17H16N2O2/c1-10-3-5-12(6-4-10)13-7-8-15-14(9-13)16(17(21)19-15)18-11(2)20/h3-9,16H,1-2H3,(H,18,20)(H,19,21). The Morgan fingerprint density at radius 3 is 2.43 bits per heavy atom. The first-order chi connectivity index (χ1) is 10.0. The number of rotatable bonds is 2. The molecule has 1 aliphatic heterocycles. The van der Waals surface area contributed by atoms with Crippen molar-refractivity contribution in [2.45, 2.75) is 19.9 Å². The van der Waals surface area contributed by atoms with Gasteiger partial charge in [0.15, 0.2) is 0 Å². The van der Waals surface area contributed by atoms with Gasteiger partial charge in [-0.25, -0.2) is 0 Å². The summed E-state index contributed by atoms with van der Waals surface area (Å²) in [7, 11) is 0. The molecule has 21 heavy (non-hydrogen) atoms. The number of anilines is 1. The first kappa shape index (κ1) is 13.4. The lowest BCUT2D eigenvalue weighted by Crippen LogP contribution is -2.30. The van der Waals surface area contributed by atoms with E-state index in [1.807, 2.05) is 25.1 Å². The van der Waals surface area contributed by atoms with Crippen molar-refractivity contribution < 1.29 is 9.59 Å². The van der Waals surface area contributed by atoms with Gasteiger partial charge in [0.25, 0.3) is 5.91 Å². The molecule has 0 spiro atoms. The Labute approximate surface area is 123 Å². The predicted molar refractivity (Wildman–Crippen MR) is 81.8 cm³/mol. The molecule has 2 amide bonds. The topological polar surface area (TPSA) is 58.2 Å². The van der Waals surface area contributed by atoms with E-state index in [9.17, 15) is 9.59 Å². The van der Waals surface area contributed by atoms with Gasteiger partial charge in [0.1, 0.15) is 6.04 Å². The summed E-state index contributed by atoms with van der Waals surface area (Å²) in [6.07, 6.45) is 0. The van der Waals surface area contributed by atoms with Crippen molar-refractivity contribution in [3.63, 3.8) is 0 Å². The second-order valence-corrected chi connectivity index (χ2v) is 5.29. The highest BCUT2D eigenvalue weighted by atomic mass is 16.2. The Bertz CT molecular complexity index is 720. The second-order valence-electron chi connectivity index (χ2n) is 5.29. The van der Waals surface area contributed by atoms with Crippen LogP contribution in [0.4, 0.5) is 5.69 Å². The van der Waals surface area contributed by atoms with Crippen molar-refractivity contribution in [3.05, 3.63) is 53.6 Å². The van der Waals surface area contributed by atoms with Crippen molar-refractivity contribution in [1.29, 1.82) is 0 Å². The fourth-order valence-corrected chi connectivity index (χ4v) is 2.53. The number of carbonyl (C=O) groups is 2. The monoisotopic (exact) mass is 280 g/mol. The van der Waals surface area contributed by atoms with Crippen molar-refractivity contribution in [2.24, 2.45) is 0 Å². The smallest absolute Gasteiger partial charge is 0.251 e. The summed E-state index contributed by atoms with van der Waals surface area (Å²) >= 11 is 0. The van der Waals surface area contributed by atoms with Crippen LogP contribution in [0.15, 0.2) is 42.5 Å². The summed E-state index contributed by atoms with van der Waals surface area (Å²) in [5.74, 6) is -0.412. The van der Waals surface area contributed by atoms with Crippen LogP contribution < -0.4 is 10.6 Å². The molecule has 1 unspecified atom stereocenters. The molecule has 3 rings (SSSR count). The molecule has 0 saturated carbocycles. The second kappa shape index (κ2) is 5.05. The number of carbonyl (C=O) groups excluding carboxylic acids is 2. The van der Waals surface area contributed by atoms with E-state index in [1.165, 1.54) is 12.5 Å². The fourth-order valence-electron chi connectivity index (χ4n) is 2.53. The molecule has 0 radical (unpaired) electrons. The number of benzene rings is 2. The van der Waals surface area contributed by atoms with Crippen LogP contribution in [0.5, 0.6) is 0 Å². The van der Waals surface area contributed by atoms with E-state index in [0.717, 1.165) is 22.4 Å². The quantitative estimate of drug-likeness (QED) is 0.888. The lowest BCUT2D eigenvalue weighted by Gasteiger charge is -2.11. The minimum Gasteiger partial charge on any atom is -0.341 e. The Morgan fingerprint density at radius 1 is 1.10 bits per heavy atom. The summed E-state index contributed by atoms with van der Waals surface area (Å²) in [4.78, 5) is 23.2. The maximum Gasteiger partial charge on any atom is 0.251 e. The van der Waals surface area contributed by atoms with E-state index >= 15 is 0 Å². The molecule has 106 valence electrons. The molecule has 0 bridgehead atoms. The maximum atomic E-state index is 11.9. The Morgan fingerprint density at radius 2 is 1.76 bits per heavy atom. The molecule has 2 aromatic carbocycles. The number of nitrogens with one attached hydrogen (secondary N) is 2. The Balaban J connectivity index is 2.01. The van der Waals surface area contributed by atoms with Gasteiger partial charge >= 0.3 is 0 Å². The predicted octanol–water partition coefficient (Wildman–Crippen LogP) is 2.79. The van der Waals surface area contributed by atoms with Gasteiger partial charge in [0.05, 0.1) is 0 Å². The van der Waals surface area contributed by atoms with E-state index in [0.29, 0.717) is 0 Å². The third-order valence-corrected chi connectivity index (χ3v) is 3.62. The molecule has 4 heteroatoms. The lowest BCUT2D eigenvalue weighted by molar-refractivity contribution is -0.124. The minimum absolute atomic E-state index is 0.193. The van der Waals surface area contributed by atoms with Crippen LogP contribution in [0.3, 0.4) is 0 Å². The van der Waals surface area contributed by atoms with Gasteiger partial charge in [-0.15, -0.1) is 0 Å². The van der Waals surface area contributed by atoms with Crippen molar-refractivity contribution in [2.75, 3.05) is 5.32 Å². The molecule has 1 aliphatic rings. The van der Waals surface area contributed by atoms with Crippen LogP contribution >= 0.6 is 0 Å². The molecule has 0 fully saturated rings. The molecular weight excluding hydrogens is 264 g/mol. The SMILES string of the molecule is CC(=O)NC1C(=O)Nc2ccc(-c3ccc(C)cc3)cc21. The molecule has 0 aliphatic carbocycles. The highest BCUT2D eigenvalue weighted by molar-refractivity contribution is 6.04. The van der Waals surface area contributed by atoms with Crippen LogP contribution in [-0.4, -0.2) is 11.8 Å². The summed E-state index contributed by atoms with van der Waals surface area (Å²) in [5.41, 5.74) is 4.89. The van der Waals surface area contributed by atoms with Gasteiger partial charge < -0.3 is 10.6 Å². The first-order valence-electron chi connectivity index (χ1n) is 6.83. The third kappa shape index (κ3) is 2.52. The van der Waals surface area contributed by atoms with Crippen molar-refractivity contribution in [1.82, 2.24) is 5.32 Å². The van der Waals surface area contributed by atoms with Crippen LogP contribution in [0, 0.1) is 6.92 Å². The van der Waals surface area contributed by atoms with Gasteiger partial charge in [-0.05, 0) is 30.2 Å².